The summed E-state index contributed by atoms with van der Waals surface area (Å²) in [7, 11) is -0.331. The van der Waals surface area contributed by atoms with Crippen LogP contribution in [0.25, 0.3) is 0 Å². The Morgan fingerprint density at radius 2 is 1.36 bits per heavy atom. The molecule has 1 unspecified atom stereocenters. The van der Waals surface area contributed by atoms with E-state index in [2.05, 4.69) is 15.9 Å². The van der Waals surface area contributed by atoms with Crippen molar-refractivity contribution in [1.82, 2.24) is 0 Å². The molecule has 4 aromatic rings. The molecular weight excluding hydrogens is 536 g/mol. The molecule has 0 bridgehead atoms. The number of amides is 1. The number of nitrogens with zero attached hydrogens (tertiary/aromatic N) is 2. The van der Waals surface area contributed by atoms with Gasteiger partial charge in [0.15, 0.2) is 0 Å². The van der Waals surface area contributed by atoms with Gasteiger partial charge < -0.3 is 4.90 Å². The topological polar surface area (TPSA) is 57.7 Å². The third kappa shape index (κ3) is 5.22. The van der Waals surface area contributed by atoms with Crippen LogP contribution in [0.5, 0.6) is 0 Å². The number of hydrogen-bond acceptors (Lipinski definition) is 4. The molecule has 4 aromatic carbocycles. The van der Waals surface area contributed by atoms with E-state index in [4.69, 9.17) is 0 Å². The molecule has 4 rings (SSSR count). The van der Waals surface area contributed by atoms with Crippen LogP contribution in [0.15, 0.2) is 112 Å². The third-order valence-electron chi connectivity index (χ3n) is 5.94. The number of sulfonamides is 1. The summed E-state index contributed by atoms with van der Waals surface area (Å²) in [6, 6.07) is 30.0. The molecule has 0 saturated carbocycles. The minimum atomic E-state index is -4.21. The Labute approximate surface area is 221 Å². The van der Waals surface area contributed by atoms with Crippen molar-refractivity contribution in [3.8, 4) is 0 Å². The SMILES string of the molecule is Cc1ccc(S(=O)(=O)N(C(=O)C(c2ccccc2)c2ccc(N(C)C)cc2Br)c2ccccc2)cc1. The lowest BCUT2D eigenvalue weighted by Gasteiger charge is -2.28. The average molecular weight is 564 g/mol. The zero-order valence-electron chi connectivity index (χ0n) is 20.3. The van der Waals surface area contributed by atoms with E-state index in [1.54, 1.807) is 42.5 Å². The normalized spacial score (nSPS) is 12.1. The first-order valence-electron chi connectivity index (χ1n) is 11.4. The van der Waals surface area contributed by atoms with E-state index in [9.17, 15) is 13.2 Å². The number of carbonyl (C=O) groups is 1. The molecule has 0 radical (unpaired) electrons. The molecule has 5 nitrogen and oxygen atoms in total. The van der Waals surface area contributed by atoms with Crippen LogP contribution < -0.4 is 9.21 Å². The number of rotatable bonds is 7. The number of carbonyl (C=O) groups excluding carboxylic acids is 1. The zero-order chi connectivity index (χ0) is 25.9. The van der Waals surface area contributed by atoms with Gasteiger partial charge in [0, 0.05) is 24.3 Å². The number of para-hydroxylation sites is 1. The summed E-state index contributed by atoms with van der Waals surface area (Å²) in [6.07, 6.45) is 0. The number of anilines is 2. The third-order valence-corrected chi connectivity index (χ3v) is 8.37. The van der Waals surface area contributed by atoms with Crippen molar-refractivity contribution in [2.45, 2.75) is 17.7 Å². The second-order valence-electron chi connectivity index (χ2n) is 8.70. The van der Waals surface area contributed by atoms with Gasteiger partial charge in [0.1, 0.15) is 0 Å². The first kappa shape index (κ1) is 25.7. The van der Waals surface area contributed by atoms with E-state index in [1.807, 2.05) is 74.4 Å². The highest BCUT2D eigenvalue weighted by atomic mass is 79.9. The van der Waals surface area contributed by atoms with Crippen LogP contribution in [-0.4, -0.2) is 28.4 Å². The van der Waals surface area contributed by atoms with Gasteiger partial charge in [0.2, 0.25) is 0 Å². The molecule has 0 saturated heterocycles. The standard InChI is InChI=1S/C29H27BrN2O3S/c1-21-14-17-25(18-15-21)36(34,35)32(23-12-8-5-9-13-23)29(33)28(22-10-6-4-7-11-22)26-19-16-24(31(2)3)20-27(26)30/h4-20,28H,1-3H3. The van der Waals surface area contributed by atoms with E-state index in [0.29, 0.717) is 11.1 Å². The smallest absolute Gasteiger partial charge is 0.270 e. The van der Waals surface area contributed by atoms with Crippen LogP contribution in [0.4, 0.5) is 11.4 Å². The van der Waals surface area contributed by atoms with Crippen molar-refractivity contribution in [3.05, 3.63) is 124 Å². The molecule has 0 aliphatic rings. The summed E-state index contributed by atoms with van der Waals surface area (Å²) >= 11 is 3.64. The van der Waals surface area contributed by atoms with Gasteiger partial charge in [-0.2, -0.15) is 0 Å². The Hall–Kier alpha value is -3.42. The van der Waals surface area contributed by atoms with Crippen molar-refractivity contribution in [2.75, 3.05) is 23.3 Å². The van der Waals surface area contributed by atoms with Gasteiger partial charge in [-0.15, -0.1) is 0 Å². The fourth-order valence-corrected chi connectivity index (χ4v) is 6.04. The first-order valence-corrected chi connectivity index (χ1v) is 13.7. The fourth-order valence-electron chi connectivity index (χ4n) is 4.01. The maximum Gasteiger partial charge on any atom is 0.270 e. The Kier molecular flexibility index (Phi) is 7.62. The maximum absolute atomic E-state index is 14.4. The Bertz CT molecular complexity index is 1460. The largest absolute Gasteiger partial charge is 0.378 e. The van der Waals surface area contributed by atoms with E-state index in [-0.39, 0.29) is 10.6 Å². The summed E-state index contributed by atoms with van der Waals surface area (Å²) in [6.45, 7) is 1.89. The Morgan fingerprint density at radius 3 is 1.92 bits per heavy atom. The molecule has 0 fully saturated rings. The quantitative estimate of drug-likeness (QED) is 0.262. The predicted octanol–water partition coefficient (Wildman–Crippen LogP) is 6.38. The highest BCUT2D eigenvalue weighted by Gasteiger charge is 2.37. The summed E-state index contributed by atoms with van der Waals surface area (Å²) in [5.41, 5.74) is 3.54. The van der Waals surface area contributed by atoms with Crippen LogP contribution in [0.1, 0.15) is 22.6 Å². The van der Waals surface area contributed by atoms with E-state index >= 15 is 0 Å². The molecule has 0 spiro atoms. The van der Waals surface area contributed by atoms with Gasteiger partial charge in [-0.3, -0.25) is 4.79 Å². The Balaban J connectivity index is 1.92. The predicted molar refractivity (Wildman–Crippen MR) is 149 cm³/mol. The Morgan fingerprint density at radius 1 is 0.778 bits per heavy atom. The molecule has 0 N–H and O–H groups in total. The summed E-state index contributed by atoms with van der Waals surface area (Å²) in [5.74, 6) is -1.43. The van der Waals surface area contributed by atoms with E-state index in [0.717, 1.165) is 20.0 Å². The van der Waals surface area contributed by atoms with Crippen molar-refractivity contribution in [3.63, 3.8) is 0 Å². The molecule has 0 aliphatic heterocycles. The van der Waals surface area contributed by atoms with Crippen LogP contribution in [0, 0.1) is 6.92 Å². The highest BCUT2D eigenvalue weighted by Crippen LogP contribution is 2.37. The van der Waals surface area contributed by atoms with Crippen LogP contribution in [-0.2, 0) is 14.8 Å². The molecule has 0 aliphatic carbocycles. The van der Waals surface area contributed by atoms with Gasteiger partial charge in [-0.1, -0.05) is 88.2 Å². The van der Waals surface area contributed by atoms with Gasteiger partial charge in [-0.25, -0.2) is 12.7 Å². The van der Waals surface area contributed by atoms with E-state index in [1.165, 1.54) is 12.1 Å². The summed E-state index contributed by atoms with van der Waals surface area (Å²) < 4.78 is 29.6. The van der Waals surface area contributed by atoms with Crippen molar-refractivity contribution >= 4 is 43.2 Å². The van der Waals surface area contributed by atoms with Crippen molar-refractivity contribution in [2.24, 2.45) is 0 Å². The van der Waals surface area contributed by atoms with Crippen LogP contribution in [0.2, 0.25) is 0 Å². The molecule has 1 amide bonds. The minimum absolute atomic E-state index is 0.0548. The first-order chi connectivity index (χ1) is 17.2. The van der Waals surface area contributed by atoms with Crippen molar-refractivity contribution < 1.29 is 13.2 Å². The van der Waals surface area contributed by atoms with Gasteiger partial charge in [0.25, 0.3) is 15.9 Å². The number of halogens is 1. The van der Waals surface area contributed by atoms with Crippen molar-refractivity contribution in [1.29, 1.82) is 0 Å². The van der Waals surface area contributed by atoms with Gasteiger partial charge in [0.05, 0.1) is 16.5 Å². The second-order valence-corrected chi connectivity index (χ2v) is 11.3. The minimum Gasteiger partial charge on any atom is -0.378 e. The summed E-state index contributed by atoms with van der Waals surface area (Å²) in [4.78, 5) is 16.4. The second kappa shape index (κ2) is 10.7. The number of hydrogen-bond donors (Lipinski definition) is 0. The fraction of sp³-hybridized carbons (Fsp3) is 0.138. The average Bonchev–Trinajstić information content (AvgIpc) is 2.86. The highest BCUT2D eigenvalue weighted by molar-refractivity contribution is 9.10. The van der Waals surface area contributed by atoms with Gasteiger partial charge >= 0.3 is 0 Å². The molecule has 0 aromatic heterocycles. The monoisotopic (exact) mass is 562 g/mol. The van der Waals surface area contributed by atoms with Crippen LogP contribution in [0.3, 0.4) is 0 Å². The lowest BCUT2D eigenvalue weighted by atomic mass is 9.90. The maximum atomic E-state index is 14.4. The lowest BCUT2D eigenvalue weighted by molar-refractivity contribution is -0.118. The van der Waals surface area contributed by atoms with Crippen LogP contribution >= 0.6 is 15.9 Å². The zero-order valence-corrected chi connectivity index (χ0v) is 22.7. The molecule has 36 heavy (non-hydrogen) atoms. The number of benzene rings is 4. The van der Waals surface area contributed by atoms with E-state index < -0.39 is 21.8 Å². The molecule has 7 heteroatoms. The van der Waals surface area contributed by atoms with Gasteiger partial charge in [-0.05, 0) is 54.4 Å². The summed E-state index contributed by atoms with van der Waals surface area (Å²) in [5, 5.41) is 0. The molecular formula is C29H27BrN2O3S. The lowest BCUT2D eigenvalue weighted by Crippen LogP contribution is -2.40. The molecule has 1 atom stereocenters. The molecule has 184 valence electrons. The number of aryl methyl sites for hydroxylation is 1. The molecule has 0 heterocycles.